The third-order valence-corrected chi connectivity index (χ3v) is 3.15. The van der Waals surface area contributed by atoms with Crippen molar-refractivity contribution in [3.8, 4) is 0 Å². The molecule has 3 nitrogen and oxygen atoms in total. The second-order valence-electron chi connectivity index (χ2n) is 3.60. The maximum atomic E-state index is 9.94. The standard InChI is InChI=1S/C11H12Cl2N2O/c1-14-5-9(16)6-4-15-11-8(13)3-2-7(12)10(6)11/h2-4,9,14-16H,5H2,1H3. The number of nitrogens with one attached hydrogen (secondary N) is 2. The lowest BCUT2D eigenvalue weighted by Gasteiger charge is -2.09. The molecule has 0 bridgehead atoms. The number of fused-ring (bicyclic) bond motifs is 1. The van der Waals surface area contributed by atoms with E-state index in [-0.39, 0.29) is 0 Å². The number of benzene rings is 1. The van der Waals surface area contributed by atoms with E-state index in [0.29, 0.717) is 16.6 Å². The van der Waals surface area contributed by atoms with Crippen molar-refractivity contribution in [1.82, 2.24) is 10.3 Å². The van der Waals surface area contributed by atoms with Crippen LogP contribution in [-0.4, -0.2) is 23.7 Å². The number of halogens is 2. The Kier molecular flexibility index (Phi) is 3.40. The highest BCUT2D eigenvalue weighted by molar-refractivity contribution is 6.40. The summed E-state index contributed by atoms with van der Waals surface area (Å²) in [6.07, 6.45) is 1.14. The summed E-state index contributed by atoms with van der Waals surface area (Å²) in [4.78, 5) is 3.03. The number of rotatable bonds is 3. The normalized spacial score (nSPS) is 13.2. The molecule has 0 fully saturated rings. The maximum absolute atomic E-state index is 9.94. The van der Waals surface area contributed by atoms with Crippen molar-refractivity contribution in [3.63, 3.8) is 0 Å². The van der Waals surface area contributed by atoms with Gasteiger partial charge in [0.2, 0.25) is 0 Å². The molecule has 3 N–H and O–H groups in total. The molecular formula is C11H12Cl2N2O. The van der Waals surface area contributed by atoms with Gasteiger partial charge in [0.05, 0.1) is 21.7 Å². The quantitative estimate of drug-likeness (QED) is 0.793. The van der Waals surface area contributed by atoms with Gasteiger partial charge in [0.25, 0.3) is 0 Å². The fourth-order valence-electron chi connectivity index (χ4n) is 1.76. The van der Waals surface area contributed by atoms with Gasteiger partial charge in [-0.25, -0.2) is 0 Å². The van der Waals surface area contributed by atoms with Crippen LogP contribution in [0, 0.1) is 0 Å². The number of aromatic amines is 1. The molecule has 1 aromatic heterocycles. The fourth-order valence-corrected chi connectivity index (χ4v) is 2.24. The molecule has 0 amide bonds. The van der Waals surface area contributed by atoms with Crippen LogP contribution in [0.2, 0.25) is 10.0 Å². The molecule has 2 aromatic rings. The number of aromatic nitrogens is 1. The van der Waals surface area contributed by atoms with E-state index in [9.17, 15) is 5.11 Å². The molecule has 1 heterocycles. The first-order valence-electron chi connectivity index (χ1n) is 4.92. The third kappa shape index (κ3) is 1.92. The zero-order chi connectivity index (χ0) is 11.7. The topological polar surface area (TPSA) is 48.0 Å². The molecule has 2 rings (SSSR count). The first kappa shape index (κ1) is 11.7. The lowest BCUT2D eigenvalue weighted by atomic mass is 10.1. The Morgan fingerprint density at radius 2 is 2.06 bits per heavy atom. The zero-order valence-corrected chi connectivity index (χ0v) is 10.2. The van der Waals surface area contributed by atoms with Crippen LogP contribution in [0.25, 0.3) is 10.9 Å². The van der Waals surface area contributed by atoms with Gasteiger partial charge in [-0.05, 0) is 19.2 Å². The van der Waals surface area contributed by atoms with Crippen molar-refractivity contribution >= 4 is 34.1 Å². The van der Waals surface area contributed by atoms with Gasteiger partial charge in [0.1, 0.15) is 0 Å². The Morgan fingerprint density at radius 1 is 1.38 bits per heavy atom. The summed E-state index contributed by atoms with van der Waals surface area (Å²) in [6.45, 7) is 0.468. The van der Waals surface area contributed by atoms with Crippen LogP contribution in [0.3, 0.4) is 0 Å². The lowest BCUT2D eigenvalue weighted by Crippen LogP contribution is -2.16. The fraction of sp³-hybridized carbons (Fsp3) is 0.273. The highest BCUT2D eigenvalue weighted by atomic mass is 35.5. The van der Waals surface area contributed by atoms with Gasteiger partial charge in [-0.2, -0.15) is 0 Å². The van der Waals surface area contributed by atoms with Crippen LogP contribution in [-0.2, 0) is 0 Å². The first-order chi connectivity index (χ1) is 7.65. The predicted octanol–water partition coefficient (Wildman–Crippen LogP) is 2.73. The Morgan fingerprint density at radius 3 is 2.75 bits per heavy atom. The van der Waals surface area contributed by atoms with Gasteiger partial charge in [-0.3, -0.25) is 0 Å². The lowest BCUT2D eigenvalue weighted by molar-refractivity contribution is 0.179. The Labute approximate surface area is 103 Å². The van der Waals surface area contributed by atoms with E-state index >= 15 is 0 Å². The number of hydrogen-bond donors (Lipinski definition) is 3. The van der Waals surface area contributed by atoms with Crippen LogP contribution in [0.5, 0.6) is 0 Å². The summed E-state index contributed by atoms with van der Waals surface area (Å²) < 4.78 is 0. The molecule has 0 spiro atoms. The summed E-state index contributed by atoms with van der Waals surface area (Å²) in [5, 5.41) is 14.8. The van der Waals surface area contributed by atoms with Crippen LogP contribution in [0.4, 0.5) is 0 Å². The minimum Gasteiger partial charge on any atom is -0.387 e. The molecule has 0 aliphatic carbocycles. The minimum absolute atomic E-state index is 0.468. The molecule has 0 saturated carbocycles. The molecule has 16 heavy (non-hydrogen) atoms. The van der Waals surface area contributed by atoms with Crippen molar-refractivity contribution in [2.24, 2.45) is 0 Å². The van der Waals surface area contributed by atoms with Crippen LogP contribution < -0.4 is 5.32 Å². The number of hydrogen-bond acceptors (Lipinski definition) is 2. The molecule has 86 valence electrons. The monoisotopic (exact) mass is 258 g/mol. The molecule has 0 aliphatic rings. The molecule has 0 saturated heterocycles. The Bertz CT molecular complexity index is 510. The van der Waals surface area contributed by atoms with Gasteiger partial charge >= 0.3 is 0 Å². The van der Waals surface area contributed by atoms with Crippen molar-refractivity contribution in [2.75, 3.05) is 13.6 Å². The first-order valence-corrected chi connectivity index (χ1v) is 5.68. The van der Waals surface area contributed by atoms with Gasteiger partial charge in [-0.15, -0.1) is 0 Å². The average Bonchev–Trinajstić information content (AvgIpc) is 2.69. The van der Waals surface area contributed by atoms with E-state index in [1.165, 1.54) is 0 Å². The Hall–Kier alpha value is -0.740. The average molecular weight is 259 g/mol. The number of H-pyrrole nitrogens is 1. The molecular weight excluding hydrogens is 247 g/mol. The maximum Gasteiger partial charge on any atom is 0.0935 e. The van der Waals surface area contributed by atoms with Crippen LogP contribution in [0.15, 0.2) is 18.3 Å². The largest absolute Gasteiger partial charge is 0.387 e. The molecule has 5 heteroatoms. The van der Waals surface area contributed by atoms with E-state index in [1.54, 1.807) is 25.4 Å². The Balaban J connectivity index is 2.59. The predicted molar refractivity (Wildman–Crippen MR) is 67.2 cm³/mol. The number of likely N-dealkylation sites (N-methyl/N-ethyl adjacent to an activating group) is 1. The number of aliphatic hydroxyl groups excluding tert-OH is 1. The van der Waals surface area contributed by atoms with E-state index in [0.717, 1.165) is 16.5 Å². The van der Waals surface area contributed by atoms with Gasteiger partial charge in [-0.1, -0.05) is 23.2 Å². The van der Waals surface area contributed by atoms with Crippen molar-refractivity contribution in [3.05, 3.63) is 33.9 Å². The molecule has 1 atom stereocenters. The molecule has 1 aromatic carbocycles. The second kappa shape index (κ2) is 4.63. The zero-order valence-electron chi connectivity index (χ0n) is 8.72. The van der Waals surface area contributed by atoms with Crippen molar-refractivity contribution in [2.45, 2.75) is 6.10 Å². The summed E-state index contributed by atoms with van der Waals surface area (Å²) >= 11 is 12.1. The molecule has 0 radical (unpaired) electrons. The number of aliphatic hydroxyl groups is 1. The van der Waals surface area contributed by atoms with Gasteiger partial charge < -0.3 is 15.4 Å². The van der Waals surface area contributed by atoms with Gasteiger partial charge in [0.15, 0.2) is 0 Å². The van der Waals surface area contributed by atoms with Crippen LogP contribution in [0.1, 0.15) is 11.7 Å². The van der Waals surface area contributed by atoms with Crippen LogP contribution >= 0.6 is 23.2 Å². The summed E-state index contributed by atoms with van der Waals surface area (Å²) in [5.74, 6) is 0. The van der Waals surface area contributed by atoms with E-state index in [2.05, 4.69) is 10.3 Å². The molecule has 0 aliphatic heterocycles. The highest BCUT2D eigenvalue weighted by Gasteiger charge is 2.16. The highest BCUT2D eigenvalue weighted by Crippen LogP contribution is 2.34. The smallest absolute Gasteiger partial charge is 0.0935 e. The van der Waals surface area contributed by atoms with E-state index in [4.69, 9.17) is 23.2 Å². The SMILES string of the molecule is CNCC(O)c1c[nH]c2c(Cl)ccc(Cl)c12. The minimum atomic E-state index is -0.602. The van der Waals surface area contributed by atoms with Gasteiger partial charge in [0, 0.05) is 23.7 Å². The van der Waals surface area contributed by atoms with E-state index in [1.807, 2.05) is 0 Å². The third-order valence-electron chi connectivity index (χ3n) is 2.52. The second-order valence-corrected chi connectivity index (χ2v) is 4.41. The summed E-state index contributed by atoms with van der Waals surface area (Å²) in [7, 11) is 1.78. The van der Waals surface area contributed by atoms with Crippen molar-refractivity contribution < 1.29 is 5.11 Å². The van der Waals surface area contributed by atoms with E-state index < -0.39 is 6.10 Å². The van der Waals surface area contributed by atoms with Crippen molar-refractivity contribution in [1.29, 1.82) is 0 Å². The molecule has 1 unspecified atom stereocenters. The summed E-state index contributed by atoms with van der Waals surface area (Å²) in [5.41, 5.74) is 1.52. The summed E-state index contributed by atoms with van der Waals surface area (Å²) in [6, 6.07) is 3.46.